The van der Waals surface area contributed by atoms with Crippen LogP contribution in [-0.2, 0) is 25.7 Å². The Kier molecular flexibility index (Phi) is 13.8. The van der Waals surface area contributed by atoms with E-state index in [1.165, 1.54) is 16.8 Å². The quantitative estimate of drug-likeness (QED) is 0.0892. The van der Waals surface area contributed by atoms with Crippen LogP contribution < -0.4 is 25.7 Å². The number of carboxylic acids is 2. The highest BCUT2D eigenvalue weighted by Crippen LogP contribution is 2.33. The molecule has 290 valence electrons. The van der Waals surface area contributed by atoms with Crippen molar-refractivity contribution < 1.29 is 58.2 Å². The average molecular weight is 764 g/mol. The summed E-state index contributed by atoms with van der Waals surface area (Å²) < 4.78 is 34.7. The lowest BCUT2D eigenvalue weighted by Crippen LogP contribution is -2.39. The third-order valence-electron chi connectivity index (χ3n) is 7.83. The normalized spacial score (nSPS) is 12.4. The van der Waals surface area contributed by atoms with E-state index in [9.17, 15) is 24.0 Å². The molecule has 17 nitrogen and oxygen atoms in total. The van der Waals surface area contributed by atoms with Crippen molar-refractivity contribution in [3.8, 4) is 22.9 Å². The van der Waals surface area contributed by atoms with E-state index in [2.05, 4.69) is 15.6 Å². The smallest absolute Gasteiger partial charge is 0.335 e. The molecule has 18 heteroatoms. The number of ether oxygens (including phenoxy) is 3. The minimum Gasteiger partial charge on any atom is -0.497 e. The number of carbonyl (C=O) groups excluding carboxylic acids is 2. The van der Waals surface area contributed by atoms with Crippen molar-refractivity contribution in [3.05, 3.63) is 106 Å². The summed E-state index contributed by atoms with van der Waals surface area (Å²) in [6, 6.07) is 19.7. The number of pyridine rings is 1. The molecule has 0 fully saturated rings. The molecule has 6 N–H and O–H groups in total. The van der Waals surface area contributed by atoms with Gasteiger partial charge in [-0.1, -0.05) is 18.2 Å². The second kappa shape index (κ2) is 18.4. The molecule has 3 aromatic carbocycles. The van der Waals surface area contributed by atoms with Crippen molar-refractivity contribution in [3.63, 3.8) is 0 Å². The number of aliphatic hydroxyl groups excluding tert-OH is 2. The first kappa shape index (κ1) is 41.1. The van der Waals surface area contributed by atoms with Crippen LogP contribution in [0.2, 0.25) is 0 Å². The van der Waals surface area contributed by atoms with Gasteiger partial charge in [-0.05, 0) is 63.4 Å². The molecule has 0 aliphatic rings. The molecule has 0 aliphatic carbocycles. The molecule has 2 unspecified atom stereocenters. The van der Waals surface area contributed by atoms with Gasteiger partial charge < -0.3 is 45.3 Å². The van der Waals surface area contributed by atoms with Crippen LogP contribution in [0.1, 0.15) is 23.0 Å². The number of carbonyl (C=O) groups is 4. The number of esters is 1. The first-order valence-electron chi connectivity index (χ1n) is 16.4. The van der Waals surface area contributed by atoms with Crippen LogP contribution in [0.4, 0.5) is 10.1 Å². The van der Waals surface area contributed by atoms with Gasteiger partial charge in [0.15, 0.2) is 23.8 Å². The van der Waals surface area contributed by atoms with Gasteiger partial charge in [-0.2, -0.15) is 0 Å². The molecule has 0 bridgehead atoms. The standard InChI is InChI=1S/C33H32FN5O6.C4H6O6/c1-20(44-30(40)18-35-3)19-38-21(2)31(33(42)39(38)23-8-6-5-7-9-23)32(41)37-22-10-13-29(26(34)16-22)45-28-14-15-36-27-17-24(43-4)11-12-25(27)28;5-1(3(7)8)2(6)4(9)10/h5-17,20,35H,18-19H2,1-4H3,(H,37,41);1-2,5-6H,(H,7,8)(H,9,10)/t20-;/m1./s1. The number of hydrogen-bond acceptors (Lipinski definition) is 12. The highest BCUT2D eigenvalue weighted by atomic mass is 19.1. The summed E-state index contributed by atoms with van der Waals surface area (Å²) >= 11 is 0. The lowest BCUT2D eigenvalue weighted by molar-refractivity contribution is -0.165. The summed E-state index contributed by atoms with van der Waals surface area (Å²) in [4.78, 5) is 63.0. The van der Waals surface area contributed by atoms with E-state index in [4.69, 9.17) is 34.6 Å². The number of fused-ring (bicyclic) bond motifs is 1. The Bertz CT molecular complexity index is 2220. The Morgan fingerprint density at radius 3 is 2.20 bits per heavy atom. The SMILES string of the molecule is CNCC(=O)O[C@H](C)Cn1c(C)c(C(=O)Nc2ccc(Oc3ccnc4cc(OC)ccc34)c(F)c2)c(=O)n1-c1ccccc1.O=C(O)C(O)C(O)C(=O)O. The van der Waals surface area contributed by atoms with Crippen LogP contribution in [0.15, 0.2) is 83.8 Å². The first-order valence-corrected chi connectivity index (χ1v) is 16.4. The van der Waals surface area contributed by atoms with E-state index >= 15 is 4.39 Å². The van der Waals surface area contributed by atoms with Crippen LogP contribution >= 0.6 is 0 Å². The second-order valence-corrected chi connectivity index (χ2v) is 11.8. The molecule has 0 radical (unpaired) electrons. The van der Waals surface area contributed by atoms with Gasteiger partial charge in [-0.15, -0.1) is 0 Å². The minimum atomic E-state index is -2.27. The predicted molar refractivity (Wildman–Crippen MR) is 194 cm³/mol. The summed E-state index contributed by atoms with van der Waals surface area (Å²) in [5, 5.41) is 38.6. The Balaban J connectivity index is 0.000000592. The number of carboxylic acid groups (broad SMARTS) is 2. The van der Waals surface area contributed by atoms with Crippen molar-refractivity contribution in [2.75, 3.05) is 26.0 Å². The third kappa shape index (κ3) is 10.1. The van der Waals surface area contributed by atoms with Crippen LogP contribution in [0.5, 0.6) is 17.2 Å². The first-order chi connectivity index (χ1) is 26.2. The van der Waals surface area contributed by atoms with Gasteiger partial charge in [0.1, 0.15) is 23.2 Å². The number of aliphatic hydroxyl groups is 2. The topological polar surface area (TPSA) is 241 Å². The zero-order valence-electron chi connectivity index (χ0n) is 29.9. The van der Waals surface area contributed by atoms with Crippen LogP contribution in [0, 0.1) is 12.7 Å². The number of nitrogens with one attached hydrogen (secondary N) is 2. The maximum Gasteiger partial charge on any atom is 0.335 e. The number of amides is 1. The number of rotatable bonds is 14. The number of aliphatic carboxylic acids is 2. The molecule has 1 amide bonds. The van der Waals surface area contributed by atoms with Gasteiger partial charge in [0.05, 0.1) is 37.1 Å². The zero-order valence-corrected chi connectivity index (χ0v) is 29.9. The van der Waals surface area contributed by atoms with E-state index in [0.717, 1.165) is 6.07 Å². The minimum absolute atomic E-state index is 0.0307. The fourth-order valence-corrected chi connectivity index (χ4v) is 5.21. The van der Waals surface area contributed by atoms with Gasteiger partial charge in [0.2, 0.25) is 0 Å². The Morgan fingerprint density at radius 1 is 0.927 bits per heavy atom. The Labute approximate surface area is 312 Å². The maximum absolute atomic E-state index is 15.2. The average Bonchev–Trinajstić information content (AvgIpc) is 3.40. The summed E-state index contributed by atoms with van der Waals surface area (Å²) in [5.74, 6) is -4.48. The van der Waals surface area contributed by atoms with E-state index in [1.54, 1.807) is 93.5 Å². The Hall–Kier alpha value is -6.63. The molecular formula is C37H38FN5O12. The molecular weight excluding hydrogens is 725 g/mol. The van der Waals surface area contributed by atoms with Crippen molar-refractivity contribution >= 4 is 40.4 Å². The van der Waals surface area contributed by atoms with Crippen molar-refractivity contribution in [2.45, 2.75) is 38.7 Å². The second-order valence-electron chi connectivity index (χ2n) is 11.8. The van der Waals surface area contributed by atoms with E-state index < -0.39 is 53.5 Å². The van der Waals surface area contributed by atoms with Crippen LogP contribution in [0.25, 0.3) is 16.6 Å². The van der Waals surface area contributed by atoms with Crippen LogP contribution in [0.3, 0.4) is 0 Å². The van der Waals surface area contributed by atoms with Gasteiger partial charge in [0, 0.05) is 29.4 Å². The van der Waals surface area contributed by atoms with E-state index in [-0.39, 0.29) is 30.1 Å². The van der Waals surface area contributed by atoms with E-state index in [0.29, 0.717) is 33.8 Å². The third-order valence-corrected chi connectivity index (χ3v) is 7.83. The highest BCUT2D eigenvalue weighted by molar-refractivity contribution is 6.05. The zero-order chi connectivity index (χ0) is 40.4. The molecule has 0 saturated heterocycles. The van der Waals surface area contributed by atoms with Gasteiger partial charge in [-0.25, -0.2) is 18.7 Å². The summed E-state index contributed by atoms with van der Waals surface area (Å²) in [6.07, 6.45) is -3.59. The number of benzene rings is 3. The van der Waals surface area contributed by atoms with Gasteiger partial charge in [0.25, 0.3) is 11.5 Å². The van der Waals surface area contributed by atoms with Gasteiger partial charge >= 0.3 is 17.9 Å². The number of methoxy groups -OCH3 is 1. The lowest BCUT2D eigenvalue weighted by atomic mass is 10.2. The molecule has 55 heavy (non-hydrogen) atoms. The van der Waals surface area contributed by atoms with E-state index in [1.807, 2.05) is 0 Å². The lowest BCUT2D eigenvalue weighted by Gasteiger charge is -2.18. The van der Waals surface area contributed by atoms with Crippen LogP contribution in [-0.4, -0.2) is 97.6 Å². The predicted octanol–water partition coefficient (Wildman–Crippen LogP) is 2.72. The molecule has 0 saturated carbocycles. The number of anilines is 1. The highest BCUT2D eigenvalue weighted by Gasteiger charge is 2.29. The van der Waals surface area contributed by atoms with Crippen molar-refractivity contribution in [1.82, 2.24) is 19.7 Å². The largest absolute Gasteiger partial charge is 0.497 e. The summed E-state index contributed by atoms with van der Waals surface area (Å²) in [7, 11) is 3.19. The summed E-state index contributed by atoms with van der Waals surface area (Å²) in [5.41, 5.74) is 0.901. The number of aromatic nitrogens is 3. The maximum atomic E-state index is 15.2. The van der Waals surface area contributed by atoms with Crippen molar-refractivity contribution in [2.24, 2.45) is 0 Å². The van der Waals surface area contributed by atoms with Crippen molar-refractivity contribution in [1.29, 1.82) is 0 Å². The van der Waals surface area contributed by atoms with Gasteiger partial charge in [-0.3, -0.25) is 24.0 Å². The molecule has 0 aliphatic heterocycles. The number of hydrogen-bond donors (Lipinski definition) is 6. The number of nitrogens with zero attached hydrogens (tertiary/aromatic N) is 3. The number of para-hydroxylation sites is 1. The molecule has 0 spiro atoms. The number of likely N-dealkylation sites (N-methyl/N-ethyl adjacent to an activating group) is 1. The summed E-state index contributed by atoms with van der Waals surface area (Å²) in [6.45, 7) is 3.47. The molecule has 5 aromatic rings. The fourth-order valence-electron chi connectivity index (χ4n) is 5.21. The molecule has 3 atom stereocenters. The number of halogens is 1. The molecule has 2 aromatic heterocycles. The fraction of sp³-hybridized carbons (Fsp3) is 0.243. The monoisotopic (exact) mass is 763 g/mol. The molecule has 5 rings (SSSR count). The molecule has 2 heterocycles. The Morgan fingerprint density at radius 2 is 1.60 bits per heavy atom.